The first-order valence-electron chi connectivity index (χ1n) is 8.44. The van der Waals surface area contributed by atoms with Crippen LogP contribution in [0.4, 0.5) is 0 Å². The minimum absolute atomic E-state index is 0.152. The summed E-state index contributed by atoms with van der Waals surface area (Å²) in [5.41, 5.74) is 0.812. The first-order valence-corrected chi connectivity index (χ1v) is 8.44. The van der Waals surface area contributed by atoms with Crippen molar-refractivity contribution in [3.63, 3.8) is 0 Å². The first kappa shape index (κ1) is 17.0. The van der Waals surface area contributed by atoms with Gasteiger partial charge in [0.05, 0.1) is 11.8 Å². The minimum atomic E-state index is -0.172. The van der Waals surface area contributed by atoms with Crippen molar-refractivity contribution >= 4 is 5.91 Å². The van der Waals surface area contributed by atoms with Crippen molar-refractivity contribution in [1.29, 1.82) is 0 Å². The molecule has 5 heteroatoms. The summed E-state index contributed by atoms with van der Waals surface area (Å²) in [6.07, 6.45) is 4.20. The smallest absolute Gasteiger partial charge is 0.290 e. The Balaban J connectivity index is 1.93. The molecule has 1 saturated heterocycles. The number of aromatic nitrogens is 1. The number of ether oxygens (including phenoxy) is 1. The van der Waals surface area contributed by atoms with Crippen LogP contribution in [-0.2, 0) is 4.74 Å². The number of nitrogens with zero attached hydrogens (tertiary/aromatic N) is 1. The van der Waals surface area contributed by atoms with Crippen molar-refractivity contribution in [1.82, 2.24) is 10.5 Å². The highest BCUT2D eigenvalue weighted by Gasteiger charge is 2.29. The fourth-order valence-electron chi connectivity index (χ4n) is 3.03. The fraction of sp³-hybridized carbons (Fsp3) is 0.765. The van der Waals surface area contributed by atoms with E-state index in [-0.39, 0.29) is 24.0 Å². The molecule has 0 radical (unpaired) electrons. The van der Waals surface area contributed by atoms with Crippen LogP contribution < -0.4 is 5.32 Å². The highest BCUT2D eigenvalue weighted by molar-refractivity contribution is 5.91. The zero-order valence-corrected chi connectivity index (χ0v) is 14.1. The molecule has 0 unspecified atom stereocenters. The summed E-state index contributed by atoms with van der Waals surface area (Å²) in [6, 6.07) is 1.89. The maximum absolute atomic E-state index is 12.3. The molecule has 0 aromatic carbocycles. The third-order valence-corrected chi connectivity index (χ3v) is 4.57. The molecular formula is C17H28N2O3. The number of rotatable bonds is 6. The van der Waals surface area contributed by atoms with E-state index >= 15 is 0 Å². The van der Waals surface area contributed by atoms with Gasteiger partial charge in [-0.25, -0.2) is 0 Å². The number of hydrogen-bond acceptors (Lipinski definition) is 4. The van der Waals surface area contributed by atoms with E-state index in [1.54, 1.807) is 6.07 Å². The lowest BCUT2D eigenvalue weighted by atomic mass is 9.89. The Morgan fingerprint density at radius 3 is 2.73 bits per heavy atom. The van der Waals surface area contributed by atoms with E-state index < -0.39 is 0 Å². The highest BCUT2D eigenvalue weighted by atomic mass is 16.5. The summed E-state index contributed by atoms with van der Waals surface area (Å²) in [7, 11) is 0. The van der Waals surface area contributed by atoms with E-state index in [1.807, 2.05) is 13.8 Å². The lowest BCUT2D eigenvalue weighted by molar-refractivity contribution is -0.0338. The van der Waals surface area contributed by atoms with Crippen molar-refractivity contribution in [2.45, 2.75) is 71.4 Å². The summed E-state index contributed by atoms with van der Waals surface area (Å²) in [6.45, 7) is 9.15. The van der Waals surface area contributed by atoms with Gasteiger partial charge in [0.1, 0.15) is 0 Å². The minimum Gasteiger partial charge on any atom is -0.378 e. The molecule has 0 bridgehead atoms. The predicted octanol–water partition coefficient (Wildman–Crippen LogP) is 3.51. The van der Waals surface area contributed by atoms with Gasteiger partial charge in [0.15, 0.2) is 0 Å². The molecule has 124 valence electrons. The summed E-state index contributed by atoms with van der Waals surface area (Å²) in [5.74, 6) is 0.953. The molecule has 22 heavy (non-hydrogen) atoms. The van der Waals surface area contributed by atoms with Crippen molar-refractivity contribution in [2.75, 3.05) is 6.61 Å². The Kier molecular flexibility index (Phi) is 6.00. The van der Waals surface area contributed by atoms with Gasteiger partial charge in [0.2, 0.25) is 5.76 Å². The lowest BCUT2D eigenvalue weighted by Gasteiger charge is -2.34. The Hall–Kier alpha value is -1.36. The standard InChI is InChI=1S/C17H28N2O3/c1-5-12(6-2)15-9-13(7-8-21-15)18-17(20)16-10-14(11(3)4)19-22-16/h10-13,15H,5-9H2,1-4H3,(H,18,20)/t13-,15-/m0/s1. The molecule has 2 heterocycles. The molecule has 1 aliphatic rings. The van der Waals surface area contributed by atoms with Crippen LogP contribution in [-0.4, -0.2) is 29.8 Å². The number of hydrogen-bond donors (Lipinski definition) is 1. The van der Waals surface area contributed by atoms with Gasteiger partial charge in [0, 0.05) is 18.7 Å². The van der Waals surface area contributed by atoms with E-state index in [0.717, 1.165) is 31.4 Å². The summed E-state index contributed by atoms with van der Waals surface area (Å²) in [5, 5.41) is 7.01. The van der Waals surface area contributed by atoms with Crippen LogP contribution >= 0.6 is 0 Å². The van der Waals surface area contributed by atoms with E-state index in [2.05, 4.69) is 24.3 Å². The zero-order chi connectivity index (χ0) is 16.1. The third-order valence-electron chi connectivity index (χ3n) is 4.57. The summed E-state index contributed by atoms with van der Waals surface area (Å²) in [4.78, 5) is 12.3. The maximum atomic E-state index is 12.3. The quantitative estimate of drug-likeness (QED) is 0.873. The summed E-state index contributed by atoms with van der Waals surface area (Å²) < 4.78 is 11.0. The number of amides is 1. The maximum Gasteiger partial charge on any atom is 0.290 e. The van der Waals surface area contributed by atoms with E-state index in [0.29, 0.717) is 18.3 Å². The van der Waals surface area contributed by atoms with E-state index in [1.165, 1.54) is 0 Å². The van der Waals surface area contributed by atoms with Crippen LogP contribution in [0.2, 0.25) is 0 Å². The molecule has 2 atom stereocenters. The molecule has 1 amide bonds. The first-order chi connectivity index (χ1) is 10.5. The fourth-order valence-corrected chi connectivity index (χ4v) is 3.03. The molecule has 1 N–H and O–H groups in total. The van der Waals surface area contributed by atoms with Crippen LogP contribution in [0, 0.1) is 5.92 Å². The average Bonchev–Trinajstić information content (AvgIpc) is 2.99. The Bertz CT molecular complexity index is 480. The Morgan fingerprint density at radius 1 is 1.41 bits per heavy atom. The SMILES string of the molecule is CCC(CC)[C@@H]1C[C@@H](NC(=O)c2cc(C(C)C)no2)CCO1. The molecule has 0 spiro atoms. The van der Waals surface area contributed by atoms with Crippen LogP contribution in [0.5, 0.6) is 0 Å². The predicted molar refractivity (Wildman–Crippen MR) is 84.9 cm³/mol. The number of carbonyl (C=O) groups is 1. The molecule has 1 aromatic heterocycles. The van der Waals surface area contributed by atoms with Crippen LogP contribution in [0.25, 0.3) is 0 Å². The largest absolute Gasteiger partial charge is 0.378 e. The third kappa shape index (κ3) is 4.09. The number of carbonyl (C=O) groups excluding carboxylic acids is 1. The van der Waals surface area contributed by atoms with Gasteiger partial charge in [-0.15, -0.1) is 0 Å². The molecular weight excluding hydrogens is 280 g/mol. The molecule has 5 nitrogen and oxygen atoms in total. The van der Waals surface area contributed by atoms with Crippen molar-refractivity contribution < 1.29 is 14.1 Å². The van der Waals surface area contributed by atoms with Gasteiger partial charge >= 0.3 is 0 Å². The lowest BCUT2D eigenvalue weighted by Crippen LogP contribution is -2.44. The molecule has 1 aromatic rings. The molecule has 2 rings (SSSR count). The highest BCUT2D eigenvalue weighted by Crippen LogP contribution is 2.25. The second-order valence-electron chi connectivity index (χ2n) is 6.45. The monoisotopic (exact) mass is 308 g/mol. The van der Waals surface area contributed by atoms with Gasteiger partial charge < -0.3 is 14.6 Å². The molecule has 0 aliphatic carbocycles. The van der Waals surface area contributed by atoms with Crippen molar-refractivity contribution in [2.24, 2.45) is 5.92 Å². The second kappa shape index (κ2) is 7.77. The topological polar surface area (TPSA) is 64.4 Å². The normalized spacial score (nSPS) is 22.3. The van der Waals surface area contributed by atoms with E-state index in [9.17, 15) is 4.79 Å². The Labute approximate surface area is 132 Å². The van der Waals surface area contributed by atoms with Crippen LogP contribution in [0.15, 0.2) is 10.6 Å². The molecule has 1 aliphatic heterocycles. The van der Waals surface area contributed by atoms with Crippen LogP contribution in [0.1, 0.15) is 75.5 Å². The van der Waals surface area contributed by atoms with Gasteiger partial charge in [0.25, 0.3) is 5.91 Å². The number of nitrogens with one attached hydrogen (secondary N) is 1. The van der Waals surface area contributed by atoms with Crippen molar-refractivity contribution in [3.05, 3.63) is 17.5 Å². The van der Waals surface area contributed by atoms with Crippen molar-refractivity contribution in [3.8, 4) is 0 Å². The second-order valence-corrected chi connectivity index (χ2v) is 6.45. The molecule has 0 saturated carbocycles. The zero-order valence-electron chi connectivity index (χ0n) is 14.1. The van der Waals surface area contributed by atoms with Gasteiger partial charge in [-0.05, 0) is 24.7 Å². The Morgan fingerprint density at radius 2 is 2.14 bits per heavy atom. The molecule has 1 fully saturated rings. The summed E-state index contributed by atoms with van der Waals surface area (Å²) >= 11 is 0. The van der Waals surface area contributed by atoms with Gasteiger partial charge in [-0.2, -0.15) is 0 Å². The van der Waals surface area contributed by atoms with E-state index in [4.69, 9.17) is 9.26 Å². The van der Waals surface area contributed by atoms with Gasteiger partial charge in [-0.1, -0.05) is 45.7 Å². The van der Waals surface area contributed by atoms with Crippen LogP contribution in [0.3, 0.4) is 0 Å². The average molecular weight is 308 g/mol. The van der Waals surface area contributed by atoms with Gasteiger partial charge in [-0.3, -0.25) is 4.79 Å².